The molecular formula is C20H27ClN2O3S. The zero-order valence-corrected chi connectivity index (χ0v) is 17.4. The maximum absolute atomic E-state index is 12.7. The van der Waals surface area contributed by atoms with E-state index in [9.17, 15) is 8.42 Å². The number of hydrogen-bond donors (Lipinski definition) is 1. The third-order valence-electron chi connectivity index (χ3n) is 4.84. The van der Waals surface area contributed by atoms with E-state index in [1.54, 1.807) is 25.3 Å². The summed E-state index contributed by atoms with van der Waals surface area (Å²) in [7, 11) is -1.93. The van der Waals surface area contributed by atoms with E-state index in [0.717, 1.165) is 38.0 Å². The maximum Gasteiger partial charge on any atom is 0.240 e. The minimum absolute atomic E-state index is 0. The second-order valence-corrected chi connectivity index (χ2v) is 8.50. The number of nitrogens with zero attached hydrogens (tertiary/aromatic N) is 1. The number of benzene rings is 2. The SMILES string of the molecule is COc1ccc(S(=O)(=O)NC2CCN(Cc3ccccc3)CC2)cc1C.Cl. The summed E-state index contributed by atoms with van der Waals surface area (Å²) in [6.07, 6.45) is 1.64. The van der Waals surface area contributed by atoms with Crippen LogP contribution < -0.4 is 9.46 Å². The van der Waals surface area contributed by atoms with Gasteiger partial charge in [-0.3, -0.25) is 4.90 Å². The number of methoxy groups -OCH3 is 1. The lowest BCUT2D eigenvalue weighted by Gasteiger charge is -2.32. The summed E-state index contributed by atoms with van der Waals surface area (Å²) in [5.74, 6) is 0.693. The van der Waals surface area contributed by atoms with E-state index in [2.05, 4.69) is 21.8 Å². The molecule has 7 heteroatoms. The first-order chi connectivity index (χ1) is 12.5. The molecule has 3 rings (SSSR count). The number of rotatable bonds is 6. The molecule has 0 saturated carbocycles. The summed E-state index contributed by atoms with van der Waals surface area (Å²) in [4.78, 5) is 2.67. The zero-order chi connectivity index (χ0) is 18.6. The number of aryl methyl sites for hydroxylation is 1. The first-order valence-electron chi connectivity index (χ1n) is 8.91. The molecule has 2 aromatic carbocycles. The predicted octanol–water partition coefficient (Wildman–Crippen LogP) is 3.37. The van der Waals surface area contributed by atoms with Crippen molar-refractivity contribution < 1.29 is 13.2 Å². The molecule has 0 amide bonds. The van der Waals surface area contributed by atoms with Crippen LogP contribution in [0.1, 0.15) is 24.0 Å². The standard InChI is InChI=1S/C20H26N2O3S.ClH/c1-16-14-19(8-9-20(16)25-2)26(23,24)21-18-10-12-22(13-11-18)15-17-6-4-3-5-7-17;/h3-9,14,18,21H,10-13,15H2,1-2H3;1H. The smallest absolute Gasteiger partial charge is 0.240 e. The van der Waals surface area contributed by atoms with Crippen molar-refractivity contribution in [2.45, 2.75) is 37.2 Å². The predicted molar refractivity (Wildman–Crippen MR) is 110 cm³/mol. The first-order valence-corrected chi connectivity index (χ1v) is 10.4. The molecule has 0 aliphatic carbocycles. The van der Waals surface area contributed by atoms with E-state index in [0.29, 0.717) is 10.6 Å². The van der Waals surface area contributed by atoms with Crippen LogP contribution >= 0.6 is 12.4 Å². The van der Waals surface area contributed by atoms with E-state index in [-0.39, 0.29) is 18.4 Å². The fraction of sp³-hybridized carbons (Fsp3) is 0.400. The normalized spacial score (nSPS) is 15.9. The third-order valence-corrected chi connectivity index (χ3v) is 6.35. The van der Waals surface area contributed by atoms with Gasteiger partial charge in [-0.1, -0.05) is 30.3 Å². The Bertz CT molecular complexity index is 836. The zero-order valence-electron chi connectivity index (χ0n) is 15.7. The van der Waals surface area contributed by atoms with Crippen molar-refractivity contribution in [2.75, 3.05) is 20.2 Å². The number of likely N-dealkylation sites (tertiary alicyclic amines) is 1. The van der Waals surface area contributed by atoms with E-state index >= 15 is 0 Å². The van der Waals surface area contributed by atoms with Crippen molar-refractivity contribution in [1.29, 1.82) is 0 Å². The van der Waals surface area contributed by atoms with Gasteiger partial charge < -0.3 is 4.74 Å². The Kier molecular flexibility index (Phi) is 7.68. The van der Waals surface area contributed by atoms with Gasteiger partial charge >= 0.3 is 0 Å². The number of nitrogens with one attached hydrogen (secondary N) is 1. The molecule has 0 bridgehead atoms. The van der Waals surface area contributed by atoms with E-state index < -0.39 is 10.0 Å². The number of ether oxygens (including phenoxy) is 1. The molecule has 0 spiro atoms. The Hall–Kier alpha value is -1.60. The van der Waals surface area contributed by atoms with Crippen molar-refractivity contribution in [3.05, 3.63) is 59.7 Å². The third kappa shape index (κ3) is 5.69. The summed E-state index contributed by atoms with van der Waals surface area (Å²) >= 11 is 0. The second kappa shape index (κ2) is 9.55. The molecule has 1 N–H and O–H groups in total. The molecule has 0 unspecified atom stereocenters. The van der Waals surface area contributed by atoms with Crippen LogP contribution in [0.5, 0.6) is 5.75 Å². The fourth-order valence-corrected chi connectivity index (χ4v) is 4.75. The van der Waals surface area contributed by atoms with Gasteiger partial charge in [-0.05, 0) is 49.1 Å². The van der Waals surface area contributed by atoms with Gasteiger partial charge in [0, 0.05) is 25.7 Å². The lowest BCUT2D eigenvalue weighted by Crippen LogP contribution is -2.44. The Balaban J connectivity index is 0.00000261. The van der Waals surface area contributed by atoms with Gasteiger partial charge in [0.05, 0.1) is 12.0 Å². The van der Waals surface area contributed by atoms with Crippen molar-refractivity contribution >= 4 is 22.4 Å². The molecule has 0 radical (unpaired) electrons. The van der Waals surface area contributed by atoms with Gasteiger partial charge in [0.2, 0.25) is 10.0 Å². The van der Waals surface area contributed by atoms with Crippen molar-refractivity contribution in [2.24, 2.45) is 0 Å². The molecule has 1 saturated heterocycles. The van der Waals surface area contributed by atoms with Crippen molar-refractivity contribution in [1.82, 2.24) is 9.62 Å². The quantitative estimate of drug-likeness (QED) is 0.793. The summed E-state index contributed by atoms with van der Waals surface area (Å²) in [5.41, 5.74) is 2.10. The minimum atomic E-state index is -3.51. The number of halogens is 1. The van der Waals surface area contributed by atoms with Gasteiger partial charge in [-0.2, -0.15) is 0 Å². The average molecular weight is 411 g/mol. The summed E-state index contributed by atoms with van der Waals surface area (Å²) in [5, 5.41) is 0. The van der Waals surface area contributed by atoms with Crippen LogP contribution in [0.3, 0.4) is 0 Å². The monoisotopic (exact) mass is 410 g/mol. The Morgan fingerprint density at radius 3 is 2.37 bits per heavy atom. The van der Waals surface area contributed by atoms with Gasteiger partial charge in [0.1, 0.15) is 5.75 Å². The van der Waals surface area contributed by atoms with Gasteiger partial charge in [-0.15, -0.1) is 12.4 Å². The number of piperidine rings is 1. The van der Waals surface area contributed by atoms with Crippen LogP contribution in [-0.2, 0) is 16.6 Å². The van der Waals surface area contributed by atoms with Gasteiger partial charge in [0.25, 0.3) is 0 Å². The second-order valence-electron chi connectivity index (χ2n) is 6.79. The molecule has 0 atom stereocenters. The Labute approximate surface area is 168 Å². The first kappa shape index (κ1) is 21.7. The molecule has 0 aromatic heterocycles. The summed E-state index contributed by atoms with van der Waals surface area (Å²) in [6.45, 7) is 4.55. The highest BCUT2D eigenvalue weighted by atomic mass is 35.5. The van der Waals surface area contributed by atoms with Gasteiger partial charge in [0.15, 0.2) is 0 Å². The molecule has 1 aliphatic rings. The lowest BCUT2D eigenvalue weighted by molar-refractivity contribution is 0.200. The Morgan fingerprint density at radius 1 is 1.11 bits per heavy atom. The summed E-state index contributed by atoms with van der Waals surface area (Å²) in [6, 6.07) is 15.3. The lowest BCUT2D eigenvalue weighted by atomic mass is 10.1. The Morgan fingerprint density at radius 2 is 1.78 bits per heavy atom. The van der Waals surface area contributed by atoms with E-state index in [1.807, 2.05) is 25.1 Å². The largest absolute Gasteiger partial charge is 0.496 e. The van der Waals surface area contributed by atoms with Crippen molar-refractivity contribution in [3.8, 4) is 5.75 Å². The minimum Gasteiger partial charge on any atom is -0.496 e. The average Bonchev–Trinajstić information content (AvgIpc) is 2.64. The van der Waals surface area contributed by atoms with Crippen LogP contribution in [0, 0.1) is 6.92 Å². The molecule has 1 heterocycles. The molecule has 1 fully saturated rings. The molecule has 148 valence electrons. The number of sulfonamides is 1. The maximum atomic E-state index is 12.7. The van der Waals surface area contributed by atoms with Gasteiger partial charge in [-0.25, -0.2) is 13.1 Å². The fourth-order valence-electron chi connectivity index (χ4n) is 3.36. The molecule has 2 aromatic rings. The summed E-state index contributed by atoms with van der Waals surface area (Å²) < 4.78 is 33.4. The molecule has 5 nitrogen and oxygen atoms in total. The molecule has 27 heavy (non-hydrogen) atoms. The highest BCUT2D eigenvalue weighted by molar-refractivity contribution is 7.89. The van der Waals surface area contributed by atoms with Crippen LogP contribution in [0.2, 0.25) is 0 Å². The van der Waals surface area contributed by atoms with Crippen molar-refractivity contribution in [3.63, 3.8) is 0 Å². The number of hydrogen-bond acceptors (Lipinski definition) is 4. The van der Waals surface area contributed by atoms with Crippen LogP contribution in [0.4, 0.5) is 0 Å². The molecule has 1 aliphatic heterocycles. The highest BCUT2D eigenvalue weighted by Gasteiger charge is 2.25. The van der Waals surface area contributed by atoms with Crippen LogP contribution in [0.15, 0.2) is 53.4 Å². The molecular weight excluding hydrogens is 384 g/mol. The van der Waals surface area contributed by atoms with Crippen LogP contribution in [-0.4, -0.2) is 39.6 Å². The topological polar surface area (TPSA) is 58.6 Å². The van der Waals surface area contributed by atoms with E-state index in [1.165, 1.54) is 5.56 Å². The highest BCUT2D eigenvalue weighted by Crippen LogP contribution is 2.22. The van der Waals surface area contributed by atoms with Crippen LogP contribution in [0.25, 0.3) is 0 Å². The van der Waals surface area contributed by atoms with E-state index in [4.69, 9.17) is 4.74 Å².